The molecule has 0 N–H and O–H groups in total. The Kier molecular flexibility index (Phi) is 4.19. The van der Waals surface area contributed by atoms with E-state index in [1.807, 2.05) is 0 Å². The molecule has 94 valence electrons. The summed E-state index contributed by atoms with van der Waals surface area (Å²) in [6.45, 7) is 1.36. The van der Waals surface area contributed by atoms with Gasteiger partial charge in [-0.3, -0.25) is 0 Å². The van der Waals surface area contributed by atoms with Gasteiger partial charge in [-0.2, -0.15) is 13.2 Å². The fourth-order valence-corrected chi connectivity index (χ4v) is 2.18. The average Bonchev–Trinajstić information content (AvgIpc) is 2.25. The van der Waals surface area contributed by atoms with Crippen molar-refractivity contribution in [3.63, 3.8) is 0 Å². The topological polar surface area (TPSA) is 26.3 Å². The van der Waals surface area contributed by atoms with Gasteiger partial charge in [-0.15, -0.1) is 0 Å². The van der Waals surface area contributed by atoms with Gasteiger partial charge in [0.15, 0.2) is 0 Å². The zero-order valence-corrected chi connectivity index (χ0v) is 10.8. The lowest BCUT2D eigenvalue weighted by Crippen LogP contribution is -2.15. The number of esters is 1. The van der Waals surface area contributed by atoms with Gasteiger partial charge in [0.05, 0.1) is 18.2 Å². The molecule has 0 aliphatic heterocycles. The summed E-state index contributed by atoms with van der Waals surface area (Å²) in [4.78, 5) is 11.4. The molecule has 0 aliphatic rings. The van der Waals surface area contributed by atoms with Crippen molar-refractivity contribution in [1.82, 2.24) is 0 Å². The van der Waals surface area contributed by atoms with Gasteiger partial charge in [0, 0.05) is 5.33 Å². The van der Waals surface area contributed by atoms with E-state index in [0.29, 0.717) is 0 Å². The van der Waals surface area contributed by atoms with E-state index in [2.05, 4.69) is 20.7 Å². The van der Waals surface area contributed by atoms with Gasteiger partial charge in [0.1, 0.15) is 0 Å². The van der Waals surface area contributed by atoms with E-state index in [1.54, 1.807) is 0 Å². The number of ether oxygens (including phenoxy) is 1. The number of rotatable bonds is 2. The number of alkyl halides is 4. The summed E-state index contributed by atoms with van der Waals surface area (Å²) in [5, 5.41) is -0.0616. The molecule has 0 radical (unpaired) electrons. The Hall–Kier alpha value is -1.04. The summed E-state index contributed by atoms with van der Waals surface area (Å²) < 4.78 is 43.1. The van der Waals surface area contributed by atoms with Gasteiger partial charge >= 0.3 is 12.1 Å². The highest BCUT2D eigenvalue weighted by molar-refractivity contribution is 9.08. The number of aryl methyl sites for hydroxylation is 1. The first-order chi connectivity index (χ1) is 7.82. The Balaban J connectivity index is 3.53. The maximum absolute atomic E-state index is 12.9. The van der Waals surface area contributed by atoms with Crippen LogP contribution in [-0.2, 0) is 16.2 Å². The van der Waals surface area contributed by atoms with Crippen LogP contribution in [0.25, 0.3) is 0 Å². The third-order valence-corrected chi connectivity index (χ3v) is 2.90. The molecule has 1 aromatic carbocycles. The van der Waals surface area contributed by atoms with Gasteiger partial charge in [-0.05, 0) is 24.1 Å². The predicted molar refractivity (Wildman–Crippen MR) is 60.2 cm³/mol. The molecule has 0 atom stereocenters. The highest BCUT2D eigenvalue weighted by atomic mass is 79.9. The SMILES string of the molecule is COC(=O)c1ccc(C)c(C(F)(F)F)c1CBr. The molecular weight excluding hydrogens is 301 g/mol. The monoisotopic (exact) mass is 310 g/mol. The lowest BCUT2D eigenvalue weighted by atomic mass is 9.97. The Morgan fingerprint density at radius 1 is 1.41 bits per heavy atom. The van der Waals surface area contributed by atoms with Crippen LogP contribution in [0.5, 0.6) is 0 Å². The molecule has 0 fully saturated rings. The average molecular weight is 311 g/mol. The third kappa shape index (κ3) is 2.80. The van der Waals surface area contributed by atoms with Crippen LogP contribution in [0, 0.1) is 6.92 Å². The van der Waals surface area contributed by atoms with Crippen LogP contribution in [0.15, 0.2) is 12.1 Å². The summed E-state index contributed by atoms with van der Waals surface area (Å²) in [5.41, 5.74) is -0.858. The molecule has 6 heteroatoms. The number of benzene rings is 1. The van der Waals surface area contributed by atoms with Crippen molar-refractivity contribution in [2.24, 2.45) is 0 Å². The predicted octanol–water partition coefficient (Wildman–Crippen LogP) is 3.70. The summed E-state index contributed by atoms with van der Waals surface area (Å²) in [6, 6.07) is 2.61. The van der Waals surface area contributed by atoms with E-state index >= 15 is 0 Å². The third-order valence-electron chi connectivity index (χ3n) is 2.34. The smallest absolute Gasteiger partial charge is 0.416 e. The van der Waals surface area contributed by atoms with Crippen LogP contribution < -0.4 is 0 Å². The lowest BCUT2D eigenvalue weighted by Gasteiger charge is -2.16. The van der Waals surface area contributed by atoms with E-state index in [4.69, 9.17) is 0 Å². The molecule has 0 spiro atoms. The van der Waals surface area contributed by atoms with E-state index in [9.17, 15) is 18.0 Å². The van der Waals surface area contributed by atoms with Crippen LogP contribution in [0.4, 0.5) is 13.2 Å². The minimum atomic E-state index is -4.49. The first-order valence-electron chi connectivity index (χ1n) is 4.66. The number of halogens is 4. The highest BCUT2D eigenvalue weighted by Crippen LogP contribution is 2.37. The Bertz CT molecular complexity index is 441. The molecule has 0 saturated carbocycles. The van der Waals surface area contributed by atoms with Crippen LogP contribution >= 0.6 is 15.9 Å². The van der Waals surface area contributed by atoms with Gasteiger partial charge in [0.2, 0.25) is 0 Å². The van der Waals surface area contributed by atoms with E-state index in [1.165, 1.54) is 19.1 Å². The van der Waals surface area contributed by atoms with Crippen LogP contribution in [-0.4, -0.2) is 13.1 Å². The second-order valence-electron chi connectivity index (χ2n) is 3.41. The number of hydrogen-bond donors (Lipinski definition) is 0. The number of carbonyl (C=O) groups is 1. The molecule has 2 nitrogen and oxygen atoms in total. The zero-order valence-electron chi connectivity index (χ0n) is 9.19. The molecule has 0 unspecified atom stereocenters. The molecule has 0 heterocycles. The maximum atomic E-state index is 12.9. The van der Waals surface area contributed by atoms with E-state index < -0.39 is 17.7 Å². The molecule has 0 saturated heterocycles. The normalized spacial score (nSPS) is 11.4. The summed E-state index contributed by atoms with van der Waals surface area (Å²) in [5.74, 6) is -0.773. The molecule has 17 heavy (non-hydrogen) atoms. The van der Waals surface area contributed by atoms with Crippen molar-refractivity contribution in [2.75, 3.05) is 7.11 Å². The van der Waals surface area contributed by atoms with Crippen LogP contribution in [0.1, 0.15) is 27.0 Å². The number of methoxy groups -OCH3 is 1. The Labute approximate surface area is 105 Å². The van der Waals surface area contributed by atoms with Crippen LogP contribution in [0.3, 0.4) is 0 Å². The van der Waals surface area contributed by atoms with Crippen molar-refractivity contribution in [1.29, 1.82) is 0 Å². The van der Waals surface area contributed by atoms with Crippen molar-refractivity contribution in [3.05, 3.63) is 34.4 Å². The fourth-order valence-electron chi connectivity index (χ4n) is 1.60. The number of carbonyl (C=O) groups excluding carboxylic acids is 1. The fraction of sp³-hybridized carbons (Fsp3) is 0.364. The zero-order chi connectivity index (χ0) is 13.2. The summed E-state index contributed by atoms with van der Waals surface area (Å²) in [6.07, 6.45) is -4.49. The quantitative estimate of drug-likeness (QED) is 0.615. The second-order valence-corrected chi connectivity index (χ2v) is 3.97. The number of hydrogen-bond acceptors (Lipinski definition) is 2. The summed E-state index contributed by atoms with van der Waals surface area (Å²) >= 11 is 2.98. The van der Waals surface area contributed by atoms with Gasteiger partial charge in [-0.25, -0.2) is 4.79 Å². The van der Waals surface area contributed by atoms with E-state index in [0.717, 1.165) is 7.11 Å². The van der Waals surface area contributed by atoms with Crippen molar-refractivity contribution < 1.29 is 22.7 Å². The van der Waals surface area contributed by atoms with Crippen molar-refractivity contribution in [3.8, 4) is 0 Å². The first kappa shape index (κ1) is 14.0. The standard InChI is InChI=1S/C11H10BrF3O2/c1-6-3-4-7(10(16)17-2)8(5-12)9(6)11(13,14)15/h3-4H,5H2,1-2H3. The van der Waals surface area contributed by atoms with Gasteiger partial charge in [-0.1, -0.05) is 22.0 Å². The van der Waals surface area contributed by atoms with Crippen LogP contribution in [0.2, 0.25) is 0 Å². The van der Waals surface area contributed by atoms with Gasteiger partial charge in [0.25, 0.3) is 0 Å². The summed E-state index contributed by atoms with van der Waals surface area (Å²) in [7, 11) is 1.13. The minimum absolute atomic E-state index is 0.0616. The molecule has 1 rings (SSSR count). The second kappa shape index (κ2) is 5.08. The Morgan fingerprint density at radius 2 is 2.00 bits per heavy atom. The maximum Gasteiger partial charge on any atom is 0.416 e. The minimum Gasteiger partial charge on any atom is -0.465 e. The first-order valence-corrected chi connectivity index (χ1v) is 5.79. The lowest BCUT2D eigenvalue weighted by molar-refractivity contribution is -0.138. The molecule has 0 amide bonds. The molecule has 1 aromatic rings. The molecule has 0 bridgehead atoms. The largest absolute Gasteiger partial charge is 0.465 e. The van der Waals surface area contributed by atoms with E-state index in [-0.39, 0.29) is 22.0 Å². The van der Waals surface area contributed by atoms with Crippen molar-refractivity contribution >= 4 is 21.9 Å². The molecule has 0 aliphatic carbocycles. The van der Waals surface area contributed by atoms with Crippen molar-refractivity contribution in [2.45, 2.75) is 18.4 Å². The van der Waals surface area contributed by atoms with Gasteiger partial charge < -0.3 is 4.74 Å². The Morgan fingerprint density at radius 3 is 2.41 bits per heavy atom. The molecular formula is C11H10BrF3O2. The highest BCUT2D eigenvalue weighted by Gasteiger charge is 2.36. The molecule has 0 aromatic heterocycles.